The minimum Gasteiger partial charge on any atom is -0.439 e. The van der Waals surface area contributed by atoms with Gasteiger partial charge in [-0.25, -0.2) is 4.68 Å². The van der Waals surface area contributed by atoms with Gasteiger partial charge in [0.1, 0.15) is 5.75 Å². The van der Waals surface area contributed by atoms with Gasteiger partial charge in [0.2, 0.25) is 11.8 Å². The SMILES string of the molecule is COCCNC(=O)CNCc1c(C)nn(C)c1Oc1ccccc1.Cl. The summed E-state index contributed by atoms with van der Waals surface area (Å²) in [6.45, 7) is 3.66. The molecule has 0 aliphatic rings. The molecule has 0 aliphatic heterocycles. The van der Waals surface area contributed by atoms with Gasteiger partial charge in [0, 0.05) is 27.2 Å². The highest BCUT2D eigenvalue weighted by Crippen LogP contribution is 2.26. The molecule has 0 bridgehead atoms. The van der Waals surface area contributed by atoms with Crippen LogP contribution in [0.25, 0.3) is 0 Å². The smallest absolute Gasteiger partial charge is 0.234 e. The van der Waals surface area contributed by atoms with Gasteiger partial charge in [-0.2, -0.15) is 5.10 Å². The summed E-state index contributed by atoms with van der Waals surface area (Å²) in [5.41, 5.74) is 1.81. The maximum absolute atomic E-state index is 11.7. The normalized spacial score (nSPS) is 10.2. The van der Waals surface area contributed by atoms with Gasteiger partial charge in [-0.05, 0) is 19.1 Å². The maximum Gasteiger partial charge on any atom is 0.234 e. The van der Waals surface area contributed by atoms with E-state index in [4.69, 9.17) is 9.47 Å². The van der Waals surface area contributed by atoms with E-state index in [1.807, 2.05) is 44.3 Å². The Balaban J connectivity index is 0.00000312. The molecule has 0 saturated carbocycles. The molecule has 0 atom stereocenters. The van der Waals surface area contributed by atoms with Gasteiger partial charge in [-0.1, -0.05) is 18.2 Å². The van der Waals surface area contributed by atoms with Crippen LogP contribution in [-0.4, -0.2) is 42.5 Å². The molecule has 1 heterocycles. The first-order chi connectivity index (χ1) is 11.6. The first kappa shape index (κ1) is 21.0. The largest absolute Gasteiger partial charge is 0.439 e. The van der Waals surface area contributed by atoms with Crippen molar-refractivity contribution in [2.45, 2.75) is 13.5 Å². The molecule has 1 aromatic heterocycles. The second kappa shape index (κ2) is 10.7. The second-order valence-electron chi connectivity index (χ2n) is 5.35. The molecule has 2 aromatic rings. The number of methoxy groups -OCH3 is 1. The van der Waals surface area contributed by atoms with Crippen LogP contribution in [-0.2, 0) is 23.1 Å². The fourth-order valence-corrected chi connectivity index (χ4v) is 2.27. The van der Waals surface area contributed by atoms with Crippen LogP contribution in [0.1, 0.15) is 11.3 Å². The Morgan fingerprint density at radius 2 is 2.00 bits per heavy atom. The topological polar surface area (TPSA) is 77.4 Å². The number of nitrogens with zero attached hydrogens (tertiary/aromatic N) is 2. The summed E-state index contributed by atoms with van der Waals surface area (Å²) < 4.78 is 12.5. The number of amides is 1. The summed E-state index contributed by atoms with van der Waals surface area (Å²) in [5.74, 6) is 1.35. The molecule has 0 fully saturated rings. The third-order valence-electron chi connectivity index (χ3n) is 3.46. The third kappa shape index (κ3) is 6.38. The van der Waals surface area contributed by atoms with Crippen LogP contribution in [0.15, 0.2) is 30.3 Å². The predicted molar refractivity (Wildman–Crippen MR) is 98.3 cm³/mol. The molecular weight excluding hydrogens is 344 g/mol. The number of aryl methyl sites for hydroxylation is 2. The van der Waals surface area contributed by atoms with Gasteiger partial charge < -0.3 is 20.1 Å². The monoisotopic (exact) mass is 368 g/mol. The quantitative estimate of drug-likeness (QED) is 0.660. The molecule has 2 N–H and O–H groups in total. The summed E-state index contributed by atoms with van der Waals surface area (Å²) in [6, 6.07) is 9.55. The molecule has 0 aliphatic carbocycles. The van der Waals surface area contributed by atoms with E-state index < -0.39 is 0 Å². The Kier molecular flexibility index (Phi) is 8.98. The molecule has 1 aromatic carbocycles. The van der Waals surface area contributed by atoms with E-state index in [0.717, 1.165) is 17.0 Å². The Hall–Kier alpha value is -2.09. The maximum atomic E-state index is 11.7. The molecule has 0 radical (unpaired) electrons. The zero-order valence-corrected chi connectivity index (χ0v) is 15.6. The number of hydrogen-bond acceptors (Lipinski definition) is 5. The third-order valence-corrected chi connectivity index (χ3v) is 3.46. The zero-order valence-electron chi connectivity index (χ0n) is 14.7. The van der Waals surface area contributed by atoms with E-state index >= 15 is 0 Å². The summed E-state index contributed by atoms with van der Waals surface area (Å²) >= 11 is 0. The number of benzene rings is 1. The number of carbonyl (C=O) groups is 1. The molecule has 8 heteroatoms. The first-order valence-electron chi connectivity index (χ1n) is 7.83. The van der Waals surface area contributed by atoms with Crippen LogP contribution in [0.2, 0.25) is 0 Å². The number of halogens is 1. The van der Waals surface area contributed by atoms with Crippen molar-refractivity contribution in [3.05, 3.63) is 41.6 Å². The number of para-hydroxylation sites is 1. The van der Waals surface area contributed by atoms with Gasteiger partial charge in [-0.3, -0.25) is 4.79 Å². The Morgan fingerprint density at radius 3 is 2.68 bits per heavy atom. The molecule has 0 spiro atoms. The molecule has 2 rings (SSSR count). The number of aromatic nitrogens is 2. The van der Waals surface area contributed by atoms with Crippen molar-refractivity contribution in [3.8, 4) is 11.6 Å². The number of carbonyl (C=O) groups excluding carboxylic acids is 1. The van der Waals surface area contributed by atoms with Gasteiger partial charge in [0.05, 0.1) is 24.4 Å². The molecule has 138 valence electrons. The van der Waals surface area contributed by atoms with Gasteiger partial charge >= 0.3 is 0 Å². The molecule has 7 nitrogen and oxygen atoms in total. The Bertz CT molecular complexity index is 661. The van der Waals surface area contributed by atoms with Crippen LogP contribution in [0.4, 0.5) is 0 Å². The van der Waals surface area contributed by atoms with Crippen molar-refractivity contribution in [2.24, 2.45) is 7.05 Å². The van der Waals surface area contributed by atoms with Crippen LogP contribution in [0.5, 0.6) is 11.6 Å². The van der Waals surface area contributed by atoms with Crippen molar-refractivity contribution in [1.29, 1.82) is 0 Å². The molecular formula is C17H25ClN4O3. The van der Waals surface area contributed by atoms with Crippen molar-refractivity contribution < 1.29 is 14.3 Å². The van der Waals surface area contributed by atoms with Crippen molar-refractivity contribution >= 4 is 18.3 Å². The van der Waals surface area contributed by atoms with E-state index in [9.17, 15) is 4.79 Å². The number of rotatable bonds is 9. The first-order valence-corrected chi connectivity index (χ1v) is 7.83. The van der Waals surface area contributed by atoms with E-state index in [0.29, 0.717) is 25.6 Å². The summed E-state index contributed by atoms with van der Waals surface area (Å²) in [4.78, 5) is 11.7. The van der Waals surface area contributed by atoms with Gasteiger partial charge in [0.15, 0.2) is 0 Å². The molecule has 25 heavy (non-hydrogen) atoms. The average Bonchev–Trinajstić information content (AvgIpc) is 2.83. The predicted octanol–water partition coefficient (Wildman–Crippen LogP) is 1.79. The number of nitrogens with one attached hydrogen (secondary N) is 2. The lowest BCUT2D eigenvalue weighted by molar-refractivity contribution is -0.120. The lowest BCUT2D eigenvalue weighted by Gasteiger charge is -2.10. The minimum absolute atomic E-state index is 0. The average molecular weight is 369 g/mol. The Morgan fingerprint density at radius 1 is 1.28 bits per heavy atom. The fraction of sp³-hybridized carbons (Fsp3) is 0.412. The van der Waals surface area contributed by atoms with E-state index in [2.05, 4.69) is 15.7 Å². The van der Waals surface area contributed by atoms with Gasteiger partial charge in [-0.15, -0.1) is 12.4 Å². The highest BCUT2D eigenvalue weighted by molar-refractivity contribution is 5.85. The van der Waals surface area contributed by atoms with Crippen molar-refractivity contribution in [2.75, 3.05) is 26.8 Å². The van der Waals surface area contributed by atoms with Crippen LogP contribution in [0, 0.1) is 6.92 Å². The lowest BCUT2D eigenvalue weighted by atomic mass is 10.2. The van der Waals surface area contributed by atoms with Crippen molar-refractivity contribution in [3.63, 3.8) is 0 Å². The number of ether oxygens (including phenoxy) is 2. The van der Waals surface area contributed by atoms with Crippen LogP contribution >= 0.6 is 12.4 Å². The lowest BCUT2D eigenvalue weighted by Crippen LogP contribution is -2.35. The summed E-state index contributed by atoms with van der Waals surface area (Å²) in [5, 5.41) is 10.3. The van der Waals surface area contributed by atoms with Crippen LogP contribution < -0.4 is 15.4 Å². The highest BCUT2D eigenvalue weighted by Gasteiger charge is 2.15. The van der Waals surface area contributed by atoms with Gasteiger partial charge in [0.25, 0.3) is 0 Å². The highest BCUT2D eigenvalue weighted by atomic mass is 35.5. The van der Waals surface area contributed by atoms with Crippen LogP contribution in [0.3, 0.4) is 0 Å². The zero-order chi connectivity index (χ0) is 17.4. The van der Waals surface area contributed by atoms with E-state index in [1.165, 1.54) is 0 Å². The van der Waals surface area contributed by atoms with E-state index in [1.54, 1.807) is 11.8 Å². The molecule has 1 amide bonds. The molecule has 0 saturated heterocycles. The van der Waals surface area contributed by atoms with Crippen molar-refractivity contribution in [1.82, 2.24) is 20.4 Å². The van der Waals surface area contributed by atoms with E-state index in [-0.39, 0.29) is 24.9 Å². The fourth-order valence-electron chi connectivity index (χ4n) is 2.27. The second-order valence-corrected chi connectivity index (χ2v) is 5.35. The minimum atomic E-state index is -0.0703. The number of hydrogen-bond donors (Lipinski definition) is 2. The summed E-state index contributed by atoms with van der Waals surface area (Å²) in [7, 11) is 3.44. The standard InChI is InChI=1S/C17H24N4O3.ClH/c1-13-15(11-18-12-16(22)19-9-10-23-3)17(21(2)20-13)24-14-7-5-4-6-8-14;/h4-8,18H,9-12H2,1-3H3,(H,19,22);1H. The Labute approximate surface area is 154 Å². The summed E-state index contributed by atoms with van der Waals surface area (Å²) in [6.07, 6.45) is 0. The molecule has 0 unspecified atom stereocenters.